The fourth-order valence-electron chi connectivity index (χ4n) is 2.92. The Morgan fingerprint density at radius 3 is 2.90 bits per heavy atom. The van der Waals surface area contributed by atoms with Crippen molar-refractivity contribution in [2.75, 3.05) is 13.1 Å². The first kappa shape index (κ1) is 14.2. The van der Waals surface area contributed by atoms with Gasteiger partial charge >= 0.3 is 0 Å². The quantitative estimate of drug-likeness (QED) is 0.937. The fourth-order valence-corrected chi connectivity index (χ4v) is 2.92. The summed E-state index contributed by atoms with van der Waals surface area (Å²) in [6.45, 7) is 6.49. The summed E-state index contributed by atoms with van der Waals surface area (Å²) in [6, 6.07) is 2.32. The molecule has 3 rings (SSSR count). The molecule has 0 aromatic carbocycles. The molecule has 0 radical (unpaired) electrons. The molecule has 0 bridgehead atoms. The third kappa shape index (κ3) is 3.29. The zero-order chi connectivity index (χ0) is 14.7. The van der Waals surface area contributed by atoms with Crippen LogP contribution in [-0.2, 0) is 6.42 Å². The van der Waals surface area contributed by atoms with Crippen LogP contribution in [0.15, 0.2) is 24.7 Å². The lowest BCUT2D eigenvalue weighted by Gasteiger charge is -2.22. The van der Waals surface area contributed by atoms with Crippen LogP contribution in [0, 0.1) is 5.92 Å². The molecule has 1 saturated heterocycles. The van der Waals surface area contributed by atoms with Gasteiger partial charge in [-0.05, 0) is 58.2 Å². The van der Waals surface area contributed by atoms with Gasteiger partial charge in [0.15, 0.2) is 0 Å². The highest BCUT2D eigenvalue weighted by Gasteiger charge is 2.15. The van der Waals surface area contributed by atoms with Crippen molar-refractivity contribution in [3.8, 4) is 11.4 Å². The maximum atomic E-state index is 4.60. The average Bonchev–Trinajstić information content (AvgIpc) is 2.99. The van der Waals surface area contributed by atoms with Crippen LogP contribution in [0.25, 0.3) is 11.4 Å². The van der Waals surface area contributed by atoms with E-state index in [1.54, 1.807) is 0 Å². The van der Waals surface area contributed by atoms with Gasteiger partial charge < -0.3 is 5.32 Å². The molecule has 0 saturated carbocycles. The Balaban J connectivity index is 1.73. The van der Waals surface area contributed by atoms with Gasteiger partial charge in [0, 0.05) is 18.4 Å². The highest BCUT2D eigenvalue weighted by molar-refractivity contribution is 5.52. The van der Waals surface area contributed by atoms with E-state index in [4.69, 9.17) is 0 Å². The van der Waals surface area contributed by atoms with Crippen LogP contribution >= 0.6 is 0 Å². The number of hydrogen-bond acceptors (Lipinski definition) is 4. The predicted molar refractivity (Wildman–Crippen MR) is 82.9 cm³/mol. The number of piperidine rings is 1. The molecule has 3 heterocycles. The van der Waals surface area contributed by atoms with Crippen molar-refractivity contribution < 1.29 is 0 Å². The van der Waals surface area contributed by atoms with Crippen molar-refractivity contribution in [1.82, 2.24) is 25.1 Å². The second-order valence-corrected chi connectivity index (χ2v) is 6.06. The lowest BCUT2D eigenvalue weighted by Crippen LogP contribution is -2.31. The molecule has 1 atom stereocenters. The largest absolute Gasteiger partial charge is 0.316 e. The molecule has 0 aliphatic carbocycles. The summed E-state index contributed by atoms with van der Waals surface area (Å²) in [6.07, 6.45) is 9.19. The summed E-state index contributed by atoms with van der Waals surface area (Å²) in [7, 11) is 0. The van der Waals surface area contributed by atoms with Gasteiger partial charge in [0.25, 0.3) is 0 Å². The summed E-state index contributed by atoms with van der Waals surface area (Å²) in [5.41, 5.74) is 3.01. The van der Waals surface area contributed by atoms with E-state index in [0.29, 0.717) is 12.0 Å². The van der Waals surface area contributed by atoms with Gasteiger partial charge in [0.2, 0.25) is 0 Å². The van der Waals surface area contributed by atoms with Gasteiger partial charge in [-0.25, -0.2) is 0 Å². The highest BCUT2D eigenvalue weighted by atomic mass is 15.3. The smallest absolute Gasteiger partial charge is 0.107 e. The lowest BCUT2D eigenvalue weighted by atomic mass is 9.95. The van der Waals surface area contributed by atoms with Gasteiger partial charge in [-0.15, -0.1) is 0 Å². The second kappa shape index (κ2) is 6.35. The standard InChI is InChI=1S/C16H23N5/c1-12(2)21-16(5-7-20-21)15-11-18-14(10-19-15)8-13-4-3-6-17-9-13/h5,7,10-13,17H,3-4,6,8-9H2,1-2H3. The van der Waals surface area contributed by atoms with Gasteiger partial charge in [0.05, 0.1) is 17.6 Å². The van der Waals surface area contributed by atoms with Crippen LogP contribution in [-0.4, -0.2) is 32.8 Å². The van der Waals surface area contributed by atoms with E-state index in [9.17, 15) is 0 Å². The van der Waals surface area contributed by atoms with Crippen LogP contribution in [0.2, 0.25) is 0 Å². The molecule has 5 nitrogen and oxygen atoms in total. The number of nitrogens with one attached hydrogen (secondary N) is 1. The molecule has 1 unspecified atom stereocenters. The van der Waals surface area contributed by atoms with Crippen molar-refractivity contribution in [3.63, 3.8) is 0 Å². The summed E-state index contributed by atoms with van der Waals surface area (Å²) in [5.74, 6) is 0.695. The normalized spacial score (nSPS) is 19.1. The topological polar surface area (TPSA) is 55.6 Å². The molecule has 1 aliphatic rings. The van der Waals surface area contributed by atoms with E-state index < -0.39 is 0 Å². The zero-order valence-corrected chi connectivity index (χ0v) is 12.8. The number of hydrogen-bond donors (Lipinski definition) is 1. The second-order valence-electron chi connectivity index (χ2n) is 6.06. The monoisotopic (exact) mass is 285 g/mol. The minimum Gasteiger partial charge on any atom is -0.316 e. The van der Waals surface area contributed by atoms with Gasteiger partial charge in [0.1, 0.15) is 5.69 Å². The van der Waals surface area contributed by atoms with E-state index in [1.165, 1.54) is 12.8 Å². The van der Waals surface area contributed by atoms with Crippen LogP contribution in [0.1, 0.15) is 38.4 Å². The van der Waals surface area contributed by atoms with E-state index in [1.807, 2.05) is 29.3 Å². The molecule has 112 valence electrons. The van der Waals surface area contributed by atoms with Gasteiger partial charge in [-0.1, -0.05) is 0 Å². The molecule has 0 spiro atoms. The van der Waals surface area contributed by atoms with Crippen molar-refractivity contribution in [2.24, 2.45) is 5.92 Å². The molecular weight excluding hydrogens is 262 g/mol. The first-order valence-electron chi connectivity index (χ1n) is 7.79. The summed E-state index contributed by atoms with van der Waals surface area (Å²) < 4.78 is 1.98. The summed E-state index contributed by atoms with van der Waals surface area (Å²) in [5, 5.41) is 7.80. The Kier molecular flexibility index (Phi) is 4.29. The Labute approximate surface area is 125 Å². The first-order chi connectivity index (χ1) is 10.2. The third-order valence-electron chi connectivity index (χ3n) is 4.02. The SMILES string of the molecule is CC(C)n1nccc1-c1cnc(CC2CCCNC2)cn1. The number of nitrogens with zero attached hydrogens (tertiary/aromatic N) is 4. The molecule has 0 amide bonds. The first-order valence-corrected chi connectivity index (χ1v) is 7.79. The molecule has 21 heavy (non-hydrogen) atoms. The molecule has 1 aliphatic heterocycles. The van der Waals surface area contributed by atoms with E-state index in [-0.39, 0.29) is 0 Å². The minimum atomic E-state index is 0.324. The third-order valence-corrected chi connectivity index (χ3v) is 4.02. The molecule has 1 N–H and O–H groups in total. The summed E-state index contributed by atoms with van der Waals surface area (Å²) >= 11 is 0. The van der Waals surface area contributed by atoms with E-state index in [0.717, 1.165) is 36.6 Å². The van der Waals surface area contributed by atoms with E-state index >= 15 is 0 Å². The van der Waals surface area contributed by atoms with Crippen LogP contribution in [0.5, 0.6) is 0 Å². The number of aromatic nitrogens is 4. The Hall–Kier alpha value is -1.75. The van der Waals surface area contributed by atoms with Gasteiger partial charge in [-0.2, -0.15) is 5.10 Å². The van der Waals surface area contributed by atoms with Crippen LogP contribution in [0.3, 0.4) is 0 Å². The lowest BCUT2D eigenvalue weighted by molar-refractivity contribution is 0.373. The Bertz CT molecular complexity index is 567. The van der Waals surface area contributed by atoms with E-state index in [2.05, 4.69) is 34.2 Å². The highest BCUT2D eigenvalue weighted by Crippen LogP contribution is 2.20. The molecule has 2 aromatic rings. The number of rotatable bonds is 4. The Morgan fingerprint density at radius 2 is 2.24 bits per heavy atom. The minimum absolute atomic E-state index is 0.324. The fraction of sp³-hybridized carbons (Fsp3) is 0.562. The maximum absolute atomic E-state index is 4.60. The van der Waals surface area contributed by atoms with Gasteiger partial charge in [-0.3, -0.25) is 14.6 Å². The van der Waals surface area contributed by atoms with Crippen LogP contribution < -0.4 is 5.32 Å². The average molecular weight is 285 g/mol. The summed E-state index contributed by atoms with van der Waals surface area (Å²) in [4.78, 5) is 9.18. The molecule has 1 fully saturated rings. The predicted octanol–water partition coefficient (Wildman–Crippen LogP) is 2.46. The molecule has 5 heteroatoms. The Morgan fingerprint density at radius 1 is 1.33 bits per heavy atom. The van der Waals surface area contributed by atoms with Crippen molar-refractivity contribution in [1.29, 1.82) is 0 Å². The van der Waals surface area contributed by atoms with Crippen molar-refractivity contribution in [2.45, 2.75) is 39.2 Å². The zero-order valence-electron chi connectivity index (χ0n) is 12.8. The van der Waals surface area contributed by atoms with Crippen molar-refractivity contribution in [3.05, 3.63) is 30.4 Å². The molecule has 2 aromatic heterocycles. The maximum Gasteiger partial charge on any atom is 0.107 e. The van der Waals surface area contributed by atoms with Crippen molar-refractivity contribution >= 4 is 0 Å². The van der Waals surface area contributed by atoms with Crippen LogP contribution in [0.4, 0.5) is 0 Å². The molecular formula is C16H23N5.